The van der Waals surface area contributed by atoms with Crippen LogP contribution in [0.3, 0.4) is 0 Å². The monoisotopic (exact) mass is 345 g/mol. The van der Waals surface area contributed by atoms with Crippen molar-refractivity contribution in [3.63, 3.8) is 0 Å². The highest BCUT2D eigenvalue weighted by atomic mass is 16.4. The Hall–Kier alpha value is -2.05. The summed E-state index contributed by atoms with van der Waals surface area (Å²) in [4.78, 5) is 24.1. The fourth-order valence-corrected chi connectivity index (χ4v) is 4.96. The standard InChI is InChI=1S/C18H27N5O2/c1-22(18(24)25)12-8-9-23(10-12)16-14-7-6-11-4-2-3-5-13(11)15(14)20-17(19)21-16/h11-13H,2-10H2,1H3,(H,24,25)(H2,19,20,21)/t11-,12-,13+/m1/s1. The molecule has 2 fully saturated rings. The number of amides is 1. The van der Waals surface area contributed by atoms with Crippen molar-refractivity contribution in [1.82, 2.24) is 14.9 Å². The molecule has 3 aliphatic rings. The molecule has 2 aliphatic carbocycles. The van der Waals surface area contributed by atoms with E-state index in [1.165, 1.54) is 48.3 Å². The summed E-state index contributed by atoms with van der Waals surface area (Å²) in [5, 5.41) is 9.23. The molecule has 4 rings (SSSR count). The van der Waals surface area contributed by atoms with Crippen LogP contribution in [-0.2, 0) is 6.42 Å². The van der Waals surface area contributed by atoms with E-state index in [9.17, 15) is 9.90 Å². The highest BCUT2D eigenvalue weighted by molar-refractivity contribution is 5.65. The third-order valence-electron chi connectivity index (χ3n) is 6.37. The average molecular weight is 345 g/mol. The fraction of sp³-hybridized carbons (Fsp3) is 0.722. The first-order valence-corrected chi connectivity index (χ1v) is 9.41. The van der Waals surface area contributed by atoms with Gasteiger partial charge in [-0.3, -0.25) is 0 Å². The van der Waals surface area contributed by atoms with E-state index in [1.54, 1.807) is 7.05 Å². The number of carboxylic acid groups (broad SMARTS) is 1. The van der Waals surface area contributed by atoms with Gasteiger partial charge in [-0.2, -0.15) is 4.98 Å². The molecule has 1 amide bonds. The summed E-state index contributed by atoms with van der Waals surface area (Å²) in [5.74, 6) is 2.58. The molecule has 2 heterocycles. The smallest absolute Gasteiger partial charge is 0.407 e. The Morgan fingerprint density at radius 2 is 2.04 bits per heavy atom. The zero-order valence-corrected chi connectivity index (χ0v) is 14.8. The normalized spacial score (nSPS) is 28.4. The van der Waals surface area contributed by atoms with E-state index in [4.69, 9.17) is 5.73 Å². The van der Waals surface area contributed by atoms with Gasteiger partial charge in [0.2, 0.25) is 5.95 Å². The van der Waals surface area contributed by atoms with Crippen LogP contribution in [0.1, 0.15) is 55.7 Å². The quantitative estimate of drug-likeness (QED) is 0.855. The second kappa shape index (κ2) is 6.35. The summed E-state index contributed by atoms with van der Waals surface area (Å²) < 4.78 is 0. The number of nitrogens with zero attached hydrogens (tertiary/aromatic N) is 4. The Morgan fingerprint density at radius 3 is 2.84 bits per heavy atom. The molecular formula is C18H27N5O2. The molecule has 0 unspecified atom stereocenters. The Labute approximate surface area is 148 Å². The number of rotatable bonds is 2. The van der Waals surface area contributed by atoms with Crippen LogP contribution in [0, 0.1) is 5.92 Å². The van der Waals surface area contributed by atoms with Gasteiger partial charge < -0.3 is 20.6 Å². The molecule has 1 aromatic heterocycles. The van der Waals surface area contributed by atoms with Crippen LogP contribution >= 0.6 is 0 Å². The summed E-state index contributed by atoms with van der Waals surface area (Å²) >= 11 is 0. The third-order valence-corrected chi connectivity index (χ3v) is 6.37. The van der Waals surface area contributed by atoms with Crippen molar-refractivity contribution in [2.24, 2.45) is 5.92 Å². The average Bonchev–Trinajstić information content (AvgIpc) is 3.10. The number of nitrogens with two attached hydrogens (primary N) is 1. The highest BCUT2D eigenvalue weighted by Crippen LogP contribution is 2.46. The van der Waals surface area contributed by atoms with Gasteiger partial charge in [0.25, 0.3) is 0 Å². The first-order chi connectivity index (χ1) is 12.0. The first kappa shape index (κ1) is 16.4. The molecule has 25 heavy (non-hydrogen) atoms. The third kappa shape index (κ3) is 2.89. The lowest BCUT2D eigenvalue weighted by molar-refractivity contribution is 0.142. The van der Waals surface area contributed by atoms with Crippen molar-refractivity contribution in [1.29, 1.82) is 0 Å². The van der Waals surface area contributed by atoms with Gasteiger partial charge >= 0.3 is 6.09 Å². The number of aromatic nitrogens is 2. The minimum absolute atomic E-state index is 0.00959. The second-order valence-corrected chi connectivity index (χ2v) is 7.74. The number of likely N-dealkylation sites (N-methyl/N-ethyl adjacent to an activating group) is 1. The van der Waals surface area contributed by atoms with E-state index >= 15 is 0 Å². The van der Waals surface area contributed by atoms with Gasteiger partial charge in [-0.1, -0.05) is 12.8 Å². The molecule has 1 saturated heterocycles. The number of hydrogen-bond donors (Lipinski definition) is 2. The Morgan fingerprint density at radius 1 is 1.24 bits per heavy atom. The summed E-state index contributed by atoms with van der Waals surface area (Å²) in [6.45, 7) is 1.50. The molecule has 7 heteroatoms. The number of fused-ring (bicyclic) bond motifs is 3. The molecule has 7 nitrogen and oxygen atoms in total. The lowest BCUT2D eigenvalue weighted by atomic mass is 9.70. The molecule has 0 radical (unpaired) electrons. The van der Waals surface area contributed by atoms with E-state index in [1.807, 2.05) is 0 Å². The fourth-order valence-electron chi connectivity index (χ4n) is 4.96. The molecule has 1 saturated carbocycles. The highest BCUT2D eigenvalue weighted by Gasteiger charge is 2.37. The minimum atomic E-state index is -0.874. The Kier molecular flexibility index (Phi) is 4.17. The van der Waals surface area contributed by atoms with E-state index < -0.39 is 6.09 Å². The van der Waals surface area contributed by atoms with E-state index in [0.29, 0.717) is 18.4 Å². The van der Waals surface area contributed by atoms with Gasteiger partial charge in [0.1, 0.15) is 5.82 Å². The SMILES string of the molecule is CN(C(=O)O)[C@@H]1CCN(c2nc(N)nc3c2CC[C@H]2CCCC[C@H]32)C1. The molecular weight excluding hydrogens is 318 g/mol. The summed E-state index contributed by atoms with van der Waals surface area (Å²) in [6, 6.07) is 0.00959. The second-order valence-electron chi connectivity index (χ2n) is 7.74. The van der Waals surface area contributed by atoms with Crippen LogP contribution in [0.4, 0.5) is 16.6 Å². The van der Waals surface area contributed by atoms with Gasteiger partial charge in [0.05, 0.1) is 11.7 Å². The predicted octanol–water partition coefficient (Wildman–Crippen LogP) is 2.47. The van der Waals surface area contributed by atoms with Crippen molar-refractivity contribution < 1.29 is 9.90 Å². The van der Waals surface area contributed by atoms with Gasteiger partial charge in [0, 0.05) is 31.6 Å². The molecule has 3 N–H and O–H groups in total. The van der Waals surface area contributed by atoms with Gasteiger partial charge in [-0.05, 0) is 38.0 Å². The maximum atomic E-state index is 11.2. The van der Waals surface area contributed by atoms with Crippen molar-refractivity contribution in [2.45, 2.75) is 56.9 Å². The molecule has 1 aliphatic heterocycles. The maximum absolute atomic E-state index is 11.2. The number of carbonyl (C=O) groups is 1. The lowest BCUT2D eigenvalue weighted by Crippen LogP contribution is -2.38. The molecule has 3 atom stereocenters. The van der Waals surface area contributed by atoms with Crippen molar-refractivity contribution >= 4 is 17.9 Å². The molecule has 1 aromatic rings. The summed E-state index contributed by atoms with van der Waals surface area (Å²) in [5.41, 5.74) is 8.50. The van der Waals surface area contributed by atoms with E-state index in [0.717, 1.165) is 31.1 Å². The van der Waals surface area contributed by atoms with Crippen molar-refractivity contribution in [2.75, 3.05) is 30.8 Å². The van der Waals surface area contributed by atoms with Gasteiger partial charge in [-0.25, -0.2) is 9.78 Å². The van der Waals surface area contributed by atoms with Gasteiger partial charge in [-0.15, -0.1) is 0 Å². The molecule has 136 valence electrons. The summed E-state index contributed by atoms with van der Waals surface area (Å²) in [6.07, 6.45) is 7.30. The zero-order valence-electron chi connectivity index (χ0n) is 14.8. The Balaban J connectivity index is 1.63. The Bertz CT molecular complexity index is 680. The number of anilines is 2. The van der Waals surface area contributed by atoms with Crippen molar-refractivity contribution in [3.05, 3.63) is 11.3 Å². The summed E-state index contributed by atoms with van der Waals surface area (Å²) in [7, 11) is 1.65. The van der Waals surface area contributed by atoms with Crippen LogP contribution in [0.25, 0.3) is 0 Å². The number of hydrogen-bond acceptors (Lipinski definition) is 5. The molecule has 0 spiro atoms. The minimum Gasteiger partial charge on any atom is -0.465 e. The van der Waals surface area contributed by atoms with E-state index in [-0.39, 0.29) is 6.04 Å². The zero-order chi connectivity index (χ0) is 17.6. The van der Waals surface area contributed by atoms with Crippen LogP contribution in [0.2, 0.25) is 0 Å². The molecule has 0 aromatic carbocycles. The largest absolute Gasteiger partial charge is 0.465 e. The topological polar surface area (TPSA) is 95.6 Å². The van der Waals surface area contributed by atoms with Crippen LogP contribution < -0.4 is 10.6 Å². The number of nitrogen functional groups attached to an aromatic ring is 1. The first-order valence-electron chi connectivity index (χ1n) is 9.41. The van der Waals surface area contributed by atoms with Crippen LogP contribution in [-0.4, -0.2) is 52.2 Å². The van der Waals surface area contributed by atoms with Crippen LogP contribution in [0.5, 0.6) is 0 Å². The predicted molar refractivity (Wildman–Crippen MR) is 95.9 cm³/mol. The lowest BCUT2D eigenvalue weighted by Gasteiger charge is -2.37. The maximum Gasteiger partial charge on any atom is 0.407 e. The molecule has 0 bridgehead atoms. The van der Waals surface area contributed by atoms with Crippen LogP contribution in [0.15, 0.2) is 0 Å². The van der Waals surface area contributed by atoms with Gasteiger partial charge in [0.15, 0.2) is 0 Å². The van der Waals surface area contributed by atoms with E-state index in [2.05, 4.69) is 14.9 Å². The van der Waals surface area contributed by atoms with Crippen molar-refractivity contribution in [3.8, 4) is 0 Å².